The van der Waals surface area contributed by atoms with Crippen molar-refractivity contribution in [3.8, 4) is 17.5 Å². The van der Waals surface area contributed by atoms with Gasteiger partial charge in [0.25, 0.3) is 0 Å². The van der Waals surface area contributed by atoms with Crippen LogP contribution in [0.15, 0.2) is 18.5 Å². The van der Waals surface area contributed by atoms with Crippen LogP contribution in [0.3, 0.4) is 0 Å². The number of hydrogen-bond acceptors (Lipinski definition) is 8. The van der Waals surface area contributed by atoms with Crippen molar-refractivity contribution in [2.45, 2.75) is 58.4 Å². The number of H-pyrrole nitrogens is 1. The zero-order valence-electron chi connectivity index (χ0n) is 23.5. The Balaban J connectivity index is 1.32. The molecule has 0 bridgehead atoms. The van der Waals surface area contributed by atoms with Gasteiger partial charge in [-0.25, -0.2) is 4.79 Å². The van der Waals surface area contributed by atoms with Crippen LogP contribution in [-0.2, 0) is 16.1 Å². The van der Waals surface area contributed by atoms with E-state index in [1.165, 1.54) is 18.5 Å². The number of nitrogens with zero attached hydrogens (tertiary/aromatic N) is 7. The number of hydrogen-bond donors (Lipinski definition) is 2. The highest BCUT2D eigenvalue weighted by Crippen LogP contribution is 2.34. The number of halogens is 3. The van der Waals surface area contributed by atoms with Crippen molar-refractivity contribution < 1.29 is 27.5 Å². The van der Waals surface area contributed by atoms with Crippen LogP contribution in [0.1, 0.15) is 40.0 Å². The molecule has 0 saturated carbocycles. The zero-order valence-corrected chi connectivity index (χ0v) is 23.5. The van der Waals surface area contributed by atoms with Gasteiger partial charge in [0.15, 0.2) is 5.82 Å². The van der Waals surface area contributed by atoms with E-state index in [2.05, 4.69) is 31.7 Å². The lowest BCUT2D eigenvalue weighted by molar-refractivity contribution is -0.141. The molecule has 12 nitrogen and oxygen atoms in total. The second-order valence-electron chi connectivity index (χ2n) is 11.6. The number of nitriles is 1. The predicted molar refractivity (Wildman–Crippen MR) is 146 cm³/mol. The summed E-state index contributed by atoms with van der Waals surface area (Å²) in [5.74, 6) is -1.36. The molecule has 2 fully saturated rings. The number of alkyl halides is 3. The van der Waals surface area contributed by atoms with Crippen LogP contribution in [0.2, 0.25) is 0 Å². The third-order valence-electron chi connectivity index (χ3n) is 7.34. The topological polar surface area (TPSA) is 145 Å². The molecule has 2 aliphatic rings. The maximum Gasteiger partial charge on any atom is 0.410 e. The van der Waals surface area contributed by atoms with Gasteiger partial charge in [-0.15, -0.1) is 0 Å². The number of aromatic amines is 1. The van der Waals surface area contributed by atoms with Crippen molar-refractivity contribution in [1.82, 2.24) is 29.9 Å². The molecule has 2 amide bonds. The SMILES string of the molecule is CC(C)(C)OC(=O)N1CCC(C(C#N)C(=O)Nc2cn[nH]c2-c2cc3c(cn2)c(N2CCC2)nn3CC(F)(F)F)CC1. The summed E-state index contributed by atoms with van der Waals surface area (Å²) in [6, 6.07) is 3.57. The summed E-state index contributed by atoms with van der Waals surface area (Å²) in [4.78, 5) is 33.5. The molecule has 0 spiro atoms. The minimum absolute atomic E-state index is 0.239. The van der Waals surface area contributed by atoms with Crippen LogP contribution in [0.25, 0.3) is 22.3 Å². The third-order valence-corrected chi connectivity index (χ3v) is 7.34. The van der Waals surface area contributed by atoms with E-state index < -0.39 is 36.2 Å². The largest absolute Gasteiger partial charge is 0.444 e. The molecular formula is C27H32F3N9O3. The summed E-state index contributed by atoms with van der Waals surface area (Å²) in [5, 5.41) is 24.1. The van der Waals surface area contributed by atoms with Crippen molar-refractivity contribution in [2.75, 3.05) is 36.4 Å². The number of pyridine rings is 1. The van der Waals surface area contributed by atoms with Gasteiger partial charge in [-0.3, -0.25) is 19.6 Å². The number of carbonyl (C=O) groups excluding carboxylic acids is 2. The van der Waals surface area contributed by atoms with E-state index in [0.29, 0.717) is 50.2 Å². The van der Waals surface area contributed by atoms with Crippen LogP contribution in [0.4, 0.5) is 29.5 Å². The van der Waals surface area contributed by atoms with E-state index in [1.807, 2.05) is 4.90 Å². The Hall–Kier alpha value is -4.35. The Morgan fingerprint density at radius 1 is 1.19 bits per heavy atom. The number of amides is 2. The van der Waals surface area contributed by atoms with Crippen molar-refractivity contribution in [3.63, 3.8) is 0 Å². The van der Waals surface area contributed by atoms with Gasteiger partial charge in [0, 0.05) is 32.4 Å². The fourth-order valence-corrected chi connectivity index (χ4v) is 5.15. The number of ether oxygens (including phenoxy) is 1. The van der Waals surface area contributed by atoms with Crippen molar-refractivity contribution in [2.24, 2.45) is 11.8 Å². The molecule has 2 N–H and O–H groups in total. The van der Waals surface area contributed by atoms with Crippen molar-refractivity contribution in [1.29, 1.82) is 5.26 Å². The molecule has 5 rings (SSSR count). The number of anilines is 2. The van der Waals surface area contributed by atoms with Gasteiger partial charge in [-0.2, -0.15) is 28.6 Å². The molecule has 3 aromatic rings. The molecule has 15 heteroatoms. The Morgan fingerprint density at radius 2 is 1.90 bits per heavy atom. The molecule has 0 radical (unpaired) electrons. The molecule has 1 unspecified atom stereocenters. The minimum atomic E-state index is -4.48. The lowest BCUT2D eigenvalue weighted by atomic mass is 9.84. The molecule has 1 atom stereocenters. The van der Waals surface area contributed by atoms with E-state index in [1.54, 1.807) is 25.7 Å². The highest BCUT2D eigenvalue weighted by Gasteiger charge is 2.35. The van der Waals surface area contributed by atoms with E-state index in [-0.39, 0.29) is 28.5 Å². The number of aromatic nitrogens is 5. The van der Waals surface area contributed by atoms with Gasteiger partial charge in [0.05, 0.1) is 34.6 Å². The standard InChI is InChI=1S/C27H32F3N9O3/c1-26(2,3)42-25(41)38-9-5-16(6-10-38)17(12-31)24(40)34-20-14-33-35-22(20)19-11-21-18(13-32-19)23(37-7-4-8-37)36-39(21)15-27(28,29)30/h11,13-14,16-17H,4-10,15H2,1-3H3,(H,33,35)(H,34,40). The number of fused-ring (bicyclic) bond motifs is 1. The second-order valence-corrected chi connectivity index (χ2v) is 11.6. The molecule has 5 heterocycles. The Kier molecular flexibility index (Phi) is 7.74. The van der Waals surface area contributed by atoms with Crippen LogP contribution >= 0.6 is 0 Å². The molecule has 3 aromatic heterocycles. The number of nitrogens with one attached hydrogen (secondary N) is 2. The molecule has 2 saturated heterocycles. The molecular weight excluding hydrogens is 555 g/mol. The first-order chi connectivity index (χ1) is 19.8. The fourth-order valence-electron chi connectivity index (χ4n) is 5.15. The first-order valence-electron chi connectivity index (χ1n) is 13.7. The summed E-state index contributed by atoms with van der Waals surface area (Å²) in [7, 11) is 0. The highest BCUT2D eigenvalue weighted by molar-refractivity contribution is 5.98. The number of rotatable bonds is 6. The summed E-state index contributed by atoms with van der Waals surface area (Å²) >= 11 is 0. The van der Waals surface area contributed by atoms with E-state index in [4.69, 9.17) is 4.74 Å². The molecule has 0 aromatic carbocycles. The summed E-state index contributed by atoms with van der Waals surface area (Å²) in [5.41, 5.74) is 0.403. The highest BCUT2D eigenvalue weighted by atomic mass is 19.4. The van der Waals surface area contributed by atoms with Crippen LogP contribution < -0.4 is 10.2 Å². The lowest BCUT2D eigenvalue weighted by Gasteiger charge is -2.34. The molecule has 2 aliphatic heterocycles. The quantitative estimate of drug-likeness (QED) is 0.434. The summed E-state index contributed by atoms with van der Waals surface area (Å²) in [6.07, 6.45) is -0.244. The van der Waals surface area contributed by atoms with Crippen LogP contribution in [0.5, 0.6) is 0 Å². The maximum absolute atomic E-state index is 13.3. The van der Waals surface area contributed by atoms with E-state index in [0.717, 1.165) is 11.1 Å². The monoisotopic (exact) mass is 587 g/mol. The normalized spacial score (nSPS) is 17.1. The fraction of sp³-hybridized carbons (Fsp3) is 0.556. The van der Waals surface area contributed by atoms with E-state index >= 15 is 0 Å². The van der Waals surface area contributed by atoms with Crippen LogP contribution in [-0.4, -0.2) is 79.8 Å². The van der Waals surface area contributed by atoms with Crippen molar-refractivity contribution in [3.05, 3.63) is 18.5 Å². The third kappa shape index (κ3) is 6.27. The molecule has 0 aliphatic carbocycles. The number of piperidine rings is 1. The van der Waals surface area contributed by atoms with Gasteiger partial charge in [-0.05, 0) is 52.0 Å². The van der Waals surface area contributed by atoms with E-state index in [9.17, 15) is 28.0 Å². The summed E-state index contributed by atoms with van der Waals surface area (Å²) < 4.78 is 46.3. The predicted octanol–water partition coefficient (Wildman–Crippen LogP) is 4.32. The molecule has 224 valence electrons. The Labute approximate surface area is 239 Å². The smallest absolute Gasteiger partial charge is 0.410 e. The first-order valence-corrected chi connectivity index (χ1v) is 13.7. The number of likely N-dealkylation sites (tertiary alicyclic amines) is 1. The number of carbonyl (C=O) groups is 2. The second kappa shape index (κ2) is 11.1. The average Bonchev–Trinajstić information content (AvgIpc) is 3.46. The average molecular weight is 588 g/mol. The minimum Gasteiger partial charge on any atom is -0.444 e. The van der Waals surface area contributed by atoms with Crippen LogP contribution in [0, 0.1) is 23.2 Å². The maximum atomic E-state index is 13.3. The van der Waals surface area contributed by atoms with Gasteiger partial charge in [0.1, 0.15) is 23.8 Å². The van der Waals surface area contributed by atoms with Gasteiger partial charge in [-0.1, -0.05) is 0 Å². The first kappa shape index (κ1) is 29.2. The summed E-state index contributed by atoms with van der Waals surface area (Å²) in [6.45, 7) is 6.22. The van der Waals surface area contributed by atoms with Gasteiger partial charge in [0.2, 0.25) is 5.91 Å². The molecule has 42 heavy (non-hydrogen) atoms. The van der Waals surface area contributed by atoms with Gasteiger partial charge >= 0.3 is 12.3 Å². The Morgan fingerprint density at radius 3 is 2.50 bits per heavy atom. The van der Waals surface area contributed by atoms with Crippen molar-refractivity contribution >= 4 is 34.4 Å². The zero-order chi connectivity index (χ0) is 30.2. The Bertz CT molecular complexity index is 1510. The van der Waals surface area contributed by atoms with Gasteiger partial charge < -0.3 is 19.9 Å². The lowest BCUT2D eigenvalue weighted by Crippen LogP contribution is -2.44.